The molecular weight excluding hydrogens is 407 g/mol. The van der Waals surface area contributed by atoms with E-state index in [0.29, 0.717) is 29.8 Å². The van der Waals surface area contributed by atoms with Crippen LogP contribution in [-0.2, 0) is 20.9 Å². The third-order valence-corrected chi connectivity index (χ3v) is 5.96. The zero-order chi connectivity index (χ0) is 21.7. The van der Waals surface area contributed by atoms with Gasteiger partial charge in [-0.2, -0.15) is 0 Å². The van der Waals surface area contributed by atoms with Gasteiger partial charge in [0.15, 0.2) is 6.10 Å². The average molecular weight is 433 g/mol. The summed E-state index contributed by atoms with van der Waals surface area (Å²) in [4.78, 5) is 41.4. The number of rotatable bonds is 6. The van der Waals surface area contributed by atoms with Crippen LogP contribution in [0.2, 0.25) is 0 Å². The molecule has 2 unspecified atom stereocenters. The first-order chi connectivity index (χ1) is 14.3. The van der Waals surface area contributed by atoms with E-state index in [2.05, 4.69) is 0 Å². The largest absolute Gasteiger partial charge is 0.452 e. The summed E-state index contributed by atoms with van der Waals surface area (Å²) >= 11 is 1.37. The molecule has 1 saturated heterocycles. The number of likely N-dealkylation sites (tertiary alicyclic amines) is 1. The fourth-order valence-electron chi connectivity index (χ4n) is 3.53. The van der Waals surface area contributed by atoms with Gasteiger partial charge in [0.25, 0.3) is 11.8 Å². The minimum absolute atomic E-state index is 0.0820. The molecule has 0 N–H and O–H groups in total. The van der Waals surface area contributed by atoms with Gasteiger partial charge in [0.2, 0.25) is 0 Å². The molecule has 160 valence electrons. The van der Waals surface area contributed by atoms with Crippen LogP contribution in [0.3, 0.4) is 0 Å². The van der Waals surface area contributed by atoms with Gasteiger partial charge in [-0.25, -0.2) is 4.39 Å². The normalized spacial score (nSPS) is 17.3. The number of esters is 1. The van der Waals surface area contributed by atoms with Gasteiger partial charge in [0, 0.05) is 26.7 Å². The number of benzene rings is 1. The predicted octanol–water partition coefficient (Wildman–Crippen LogP) is 3.33. The molecule has 1 fully saturated rings. The van der Waals surface area contributed by atoms with Crippen LogP contribution in [0.25, 0.3) is 0 Å². The monoisotopic (exact) mass is 432 g/mol. The van der Waals surface area contributed by atoms with Crippen molar-refractivity contribution < 1.29 is 23.5 Å². The summed E-state index contributed by atoms with van der Waals surface area (Å²) in [6, 6.07) is 9.60. The highest BCUT2D eigenvalue weighted by Crippen LogP contribution is 2.22. The van der Waals surface area contributed by atoms with Gasteiger partial charge < -0.3 is 14.5 Å². The van der Waals surface area contributed by atoms with E-state index in [1.165, 1.54) is 35.3 Å². The first-order valence-corrected chi connectivity index (χ1v) is 10.8. The number of carbonyl (C=O) groups is 3. The number of thiophene rings is 1. The Kier molecular flexibility index (Phi) is 7.20. The molecular formula is C22H25FN2O4S. The molecule has 1 aromatic carbocycles. The fraction of sp³-hybridized carbons (Fsp3) is 0.409. The quantitative estimate of drug-likeness (QED) is 0.657. The number of piperidine rings is 1. The second kappa shape index (κ2) is 9.84. The summed E-state index contributed by atoms with van der Waals surface area (Å²) in [6.45, 7) is 2.63. The average Bonchev–Trinajstić information content (AvgIpc) is 3.27. The van der Waals surface area contributed by atoms with Crippen molar-refractivity contribution in [1.82, 2.24) is 9.80 Å². The Morgan fingerprint density at radius 1 is 1.30 bits per heavy atom. The van der Waals surface area contributed by atoms with E-state index in [1.54, 1.807) is 30.1 Å². The summed E-state index contributed by atoms with van der Waals surface area (Å²) in [5, 5.41) is 1.84. The minimum Gasteiger partial charge on any atom is -0.452 e. The van der Waals surface area contributed by atoms with E-state index in [1.807, 2.05) is 11.4 Å². The summed E-state index contributed by atoms with van der Waals surface area (Å²) < 4.78 is 18.7. The summed E-state index contributed by atoms with van der Waals surface area (Å²) in [5.41, 5.74) is 0.652. The highest BCUT2D eigenvalue weighted by molar-refractivity contribution is 7.12. The van der Waals surface area contributed by atoms with Crippen molar-refractivity contribution in [3.05, 3.63) is 58.0 Å². The molecule has 0 saturated carbocycles. The maximum absolute atomic E-state index is 13.3. The van der Waals surface area contributed by atoms with Crippen LogP contribution in [-0.4, -0.2) is 53.8 Å². The van der Waals surface area contributed by atoms with Crippen molar-refractivity contribution in [1.29, 1.82) is 0 Å². The zero-order valence-electron chi connectivity index (χ0n) is 17.0. The first kappa shape index (κ1) is 22.0. The number of amides is 2. The van der Waals surface area contributed by atoms with Gasteiger partial charge in [0.1, 0.15) is 5.82 Å². The summed E-state index contributed by atoms with van der Waals surface area (Å²) in [5.74, 6) is -1.74. The molecule has 0 spiro atoms. The molecule has 1 aromatic heterocycles. The third kappa shape index (κ3) is 5.44. The van der Waals surface area contributed by atoms with Crippen molar-refractivity contribution in [3.8, 4) is 0 Å². The molecule has 30 heavy (non-hydrogen) atoms. The minimum atomic E-state index is -0.959. The smallest absolute Gasteiger partial charge is 0.311 e. The first-order valence-electron chi connectivity index (χ1n) is 9.88. The maximum atomic E-state index is 13.3. The van der Waals surface area contributed by atoms with E-state index in [9.17, 15) is 18.8 Å². The Hall–Kier alpha value is -2.74. The van der Waals surface area contributed by atoms with Gasteiger partial charge in [-0.1, -0.05) is 18.2 Å². The van der Waals surface area contributed by atoms with E-state index in [4.69, 9.17) is 4.74 Å². The van der Waals surface area contributed by atoms with Crippen LogP contribution in [0.4, 0.5) is 4.39 Å². The molecule has 2 aromatic rings. The third-order valence-electron chi connectivity index (χ3n) is 5.10. The van der Waals surface area contributed by atoms with Crippen LogP contribution in [0.15, 0.2) is 41.8 Å². The molecule has 3 rings (SSSR count). The van der Waals surface area contributed by atoms with Crippen molar-refractivity contribution in [2.24, 2.45) is 5.92 Å². The molecule has 0 radical (unpaired) electrons. The van der Waals surface area contributed by atoms with E-state index >= 15 is 0 Å². The SMILES string of the molecule is CC(OC(=O)C1CCCN(C(=O)c2cccs2)C1)C(=O)N(C)Cc1cccc(F)c1. The van der Waals surface area contributed by atoms with Gasteiger partial charge in [-0.3, -0.25) is 14.4 Å². The van der Waals surface area contributed by atoms with Crippen LogP contribution in [0.1, 0.15) is 35.0 Å². The lowest BCUT2D eigenvalue weighted by atomic mass is 9.98. The summed E-state index contributed by atoms with van der Waals surface area (Å²) in [6.07, 6.45) is 0.366. The predicted molar refractivity (Wildman–Crippen MR) is 111 cm³/mol. The Balaban J connectivity index is 1.53. The number of hydrogen-bond acceptors (Lipinski definition) is 5. The molecule has 8 heteroatoms. The van der Waals surface area contributed by atoms with Crippen molar-refractivity contribution >= 4 is 29.1 Å². The molecule has 6 nitrogen and oxygen atoms in total. The number of ether oxygens (including phenoxy) is 1. The number of halogens is 1. The molecule has 2 amide bonds. The zero-order valence-corrected chi connectivity index (χ0v) is 17.9. The molecule has 1 aliphatic heterocycles. The Bertz CT molecular complexity index is 902. The summed E-state index contributed by atoms with van der Waals surface area (Å²) in [7, 11) is 1.58. The Morgan fingerprint density at radius 2 is 2.10 bits per heavy atom. The Morgan fingerprint density at radius 3 is 2.80 bits per heavy atom. The standard InChI is InChI=1S/C22H25FN2O4S/c1-15(20(26)24(2)13-16-6-3-8-18(23)12-16)29-22(28)17-7-4-10-25(14-17)21(27)19-9-5-11-30-19/h3,5-6,8-9,11-12,15,17H,4,7,10,13-14H2,1-2H3. The lowest BCUT2D eigenvalue weighted by Crippen LogP contribution is -2.44. The fourth-order valence-corrected chi connectivity index (χ4v) is 4.22. The van der Waals surface area contributed by atoms with E-state index in [0.717, 1.165) is 0 Å². The highest BCUT2D eigenvalue weighted by Gasteiger charge is 2.32. The lowest BCUT2D eigenvalue weighted by molar-refractivity contribution is -0.163. The second-order valence-electron chi connectivity index (χ2n) is 7.47. The van der Waals surface area contributed by atoms with Gasteiger partial charge in [-0.15, -0.1) is 11.3 Å². The van der Waals surface area contributed by atoms with E-state index < -0.39 is 18.0 Å². The number of carbonyl (C=O) groups excluding carboxylic acids is 3. The maximum Gasteiger partial charge on any atom is 0.311 e. The van der Waals surface area contributed by atoms with Crippen molar-refractivity contribution in [2.45, 2.75) is 32.4 Å². The van der Waals surface area contributed by atoms with Gasteiger partial charge >= 0.3 is 5.97 Å². The van der Waals surface area contributed by atoms with Crippen LogP contribution in [0.5, 0.6) is 0 Å². The molecule has 0 bridgehead atoms. The Labute approximate surface area is 179 Å². The van der Waals surface area contributed by atoms with Gasteiger partial charge in [-0.05, 0) is 48.9 Å². The topological polar surface area (TPSA) is 66.9 Å². The molecule has 2 atom stereocenters. The molecule has 2 heterocycles. The van der Waals surface area contributed by atoms with Crippen molar-refractivity contribution in [3.63, 3.8) is 0 Å². The number of nitrogens with zero attached hydrogens (tertiary/aromatic N) is 2. The van der Waals surface area contributed by atoms with Crippen LogP contribution < -0.4 is 0 Å². The lowest BCUT2D eigenvalue weighted by Gasteiger charge is -2.32. The van der Waals surface area contributed by atoms with Crippen LogP contribution >= 0.6 is 11.3 Å². The van der Waals surface area contributed by atoms with E-state index in [-0.39, 0.29) is 30.7 Å². The van der Waals surface area contributed by atoms with Gasteiger partial charge in [0.05, 0.1) is 10.8 Å². The highest BCUT2D eigenvalue weighted by atomic mass is 32.1. The number of hydrogen-bond donors (Lipinski definition) is 0. The molecule has 0 aliphatic carbocycles. The number of likely N-dealkylation sites (N-methyl/N-ethyl adjacent to an activating group) is 1. The van der Waals surface area contributed by atoms with Crippen LogP contribution in [0, 0.1) is 11.7 Å². The van der Waals surface area contributed by atoms with Crippen molar-refractivity contribution in [2.75, 3.05) is 20.1 Å². The second-order valence-corrected chi connectivity index (χ2v) is 8.42. The molecule has 1 aliphatic rings.